The summed E-state index contributed by atoms with van der Waals surface area (Å²) in [4.78, 5) is 35.9. The molecule has 0 atom stereocenters. The number of ketones is 1. The molecule has 4 amide bonds. The molecule has 0 saturated heterocycles. The quantitative estimate of drug-likeness (QED) is 0.206. The van der Waals surface area contributed by atoms with E-state index in [0.29, 0.717) is 10.8 Å². The Morgan fingerprint density at radius 1 is 0.710 bits per heavy atom. The van der Waals surface area contributed by atoms with Gasteiger partial charge in [0, 0.05) is 11.1 Å². The molecule has 0 aliphatic rings. The van der Waals surface area contributed by atoms with E-state index in [4.69, 9.17) is 27.9 Å². The monoisotopic (exact) mass is 420 g/mol. The molecule has 0 saturated carbocycles. The molecule has 0 heterocycles. The summed E-state index contributed by atoms with van der Waals surface area (Å²) in [6.45, 7) is 0. The van der Waals surface area contributed by atoms with E-state index >= 15 is 0 Å². The SMILES string of the molecule is NC(=O)N(N)c1cccc(C(=O)c2ccc(N(N)C(N)=O)c(Oc3ccccc3)c2)c1. The lowest BCUT2D eigenvalue weighted by Crippen LogP contribution is -2.41. The van der Waals surface area contributed by atoms with Crippen molar-refractivity contribution in [2.45, 2.75) is 0 Å². The highest BCUT2D eigenvalue weighted by Gasteiger charge is 2.19. The summed E-state index contributed by atoms with van der Waals surface area (Å²) in [5.41, 5.74) is 11.4. The summed E-state index contributed by atoms with van der Waals surface area (Å²) in [6, 6.07) is 17.4. The van der Waals surface area contributed by atoms with Gasteiger partial charge in [0.15, 0.2) is 11.5 Å². The molecule has 3 aromatic rings. The van der Waals surface area contributed by atoms with E-state index in [-0.39, 0.29) is 34.0 Å². The standard InChI is InChI=1S/C21H20N6O4/c22-20(29)26(24)15-6-4-5-13(11-15)19(28)14-9-10-17(27(25)21(23)30)18(12-14)31-16-7-2-1-3-8-16/h1-12H,24-25H2,(H2,22,29)(H2,23,30). The van der Waals surface area contributed by atoms with E-state index in [0.717, 1.165) is 5.01 Å². The number of carbonyl (C=O) groups excluding carboxylic acids is 3. The van der Waals surface area contributed by atoms with E-state index in [9.17, 15) is 14.4 Å². The molecular weight excluding hydrogens is 400 g/mol. The molecule has 0 bridgehead atoms. The minimum absolute atomic E-state index is 0.145. The molecule has 31 heavy (non-hydrogen) atoms. The normalized spacial score (nSPS) is 10.3. The fraction of sp³-hybridized carbons (Fsp3) is 0. The molecule has 3 rings (SSSR count). The van der Waals surface area contributed by atoms with Gasteiger partial charge in [-0.3, -0.25) is 4.79 Å². The zero-order valence-corrected chi connectivity index (χ0v) is 16.3. The zero-order chi connectivity index (χ0) is 22.5. The van der Waals surface area contributed by atoms with E-state index in [1.807, 2.05) is 6.07 Å². The van der Waals surface area contributed by atoms with E-state index in [1.54, 1.807) is 36.4 Å². The highest BCUT2D eigenvalue weighted by atomic mass is 16.5. The number of hydrazine groups is 2. The van der Waals surface area contributed by atoms with Gasteiger partial charge in [-0.25, -0.2) is 31.3 Å². The second kappa shape index (κ2) is 8.95. The van der Waals surface area contributed by atoms with E-state index in [1.165, 1.54) is 30.3 Å². The molecule has 0 aromatic heterocycles. The van der Waals surface area contributed by atoms with Crippen molar-refractivity contribution in [1.29, 1.82) is 0 Å². The van der Waals surface area contributed by atoms with Gasteiger partial charge in [-0.15, -0.1) is 0 Å². The van der Waals surface area contributed by atoms with Crippen LogP contribution in [0.5, 0.6) is 11.5 Å². The van der Waals surface area contributed by atoms with Crippen molar-refractivity contribution in [3.8, 4) is 11.5 Å². The fourth-order valence-electron chi connectivity index (χ4n) is 2.76. The van der Waals surface area contributed by atoms with Crippen LogP contribution in [-0.2, 0) is 0 Å². The summed E-state index contributed by atoms with van der Waals surface area (Å²) in [5.74, 6) is 11.6. The van der Waals surface area contributed by atoms with Gasteiger partial charge in [0.25, 0.3) is 0 Å². The Hall–Kier alpha value is -4.41. The molecule has 0 aliphatic heterocycles. The number of anilines is 2. The number of urea groups is 2. The van der Waals surface area contributed by atoms with Crippen LogP contribution in [0, 0.1) is 0 Å². The molecule has 3 aromatic carbocycles. The highest BCUT2D eigenvalue weighted by Crippen LogP contribution is 2.33. The Morgan fingerprint density at radius 3 is 2.00 bits per heavy atom. The summed E-state index contributed by atoms with van der Waals surface area (Å²) in [7, 11) is 0. The van der Waals surface area contributed by atoms with E-state index < -0.39 is 12.1 Å². The van der Waals surface area contributed by atoms with Gasteiger partial charge in [-0.05, 0) is 42.5 Å². The Kier molecular flexibility index (Phi) is 6.15. The van der Waals surface area contributed by atoms with Gasteiger partial charge in [-0.1, -0.05) is 30.3 Å². The summed E-state index contributed by atoms with van der Waals surface area (Å²) in [6.07, 6.45) is 0. The number of nitrogens with two attached hydrogens (primary N) is 4. The third kappa shape index (κ3) is 4.78. The molecule has 158 valence electrons. The largest absolute Gasteiger partial charge is 0.455 e. The van der Waals surface area contributed by atoms with Crippen LogP contribution in [0.3, 0.4) is 0 Å². The number of benzene rings is 3. The van der Waals surface area contributed by atoms with Crippen molar-refractivity contribution in [2.24, 2.45) is 23.2 Å². The average Bonchev–Trinajstić information content (AvgIpc) is 2.78. The Balaban J connectivity index is 2.01. The number of carbonyl (C=O) groups is 3. The Morgan fingerprint density at radius 2 is 1.35 bits per heavy atom. The summed E-state index contributed by atoms with van der Waals surface area (Å²) in [5, 5.41) is 1.44. The van der Waals surface area contributed by atoms with Crippen LogP contribution in [0.25, 0.3) is 0 Å². The number of nitrogens with zero attached hydrogens (tertiary/aromatic N) is 2. The number of hydrogen-bond acceptors (Lipinski definition) is 6. The topological polar surface area (TPSA) is 171 Å². The van der Waals surface area contributed by atoms with Gasteiger partial charge < -0.3 is 16.2 Å². The summed E-state index contributed by atoms with van der Waals surface area (Å²) >= 11 is 0. The maximum atomic E-state index is 13.0. The number of rotatable bonds is 6. The van der Waals surface area contributed by atoms with Crippen molar-refractivity contribution >= 4 is 29.2 Å². The number of para-hydroxylation sites is 1. The van der Waals surface area contributed by atoms with E-state index in [2.05, 4.69) is 0 Å². The van der Waals surface area contributed by atoms with Crippen molar-refractivity contribution < 1.29 is 19.1 Å². The number of primary amides is 2. The van der Waals surface area contributed by atoms with Crippen LogP contribution >= 0.6 is 0 Å². The van der Waals surface area contributed by atoms with Crippen LogP contribution < -0.4 is 37.9 Å². The molecule has 0 spiro atoms. The lowest BCUT2D eigenvalue weighted by Gasteiger charge is -2.19. The third-order valence-electron chi connectivity index (χ3n) is 4.31. The first-order valence-electron chi connectivity index (χ1n) is 8.98. The zero-order valence-electron chi connectivity index (χ0n) is 16.3. The van der Waals surface area contributed by atoms with Gasteiger partial charge >= 0.3 is 12.1 Å². The average molecular weight is 420 g/mol. The number of hydrogen-bond donors (Lipinski definition) is 4. The maximum absolute atomic E-state index is 13.0. The van der Waals surface area contributed by atoms with Gasteiger partial charge in [0.05, 0.1) is 5.69 Å². The first-order valence-corrected chi connectivity index (χ1v) is 8.98. The van der Waals surface area contributed by atoms with Crippen LogP contribution in [0.15, 0.2) is 72.8 Å². The van der Waals surface area contributed by atoms with Gasteiger partial charge in [-0.2, -0.15) is 0 Å². The van der Waals surface area contributed by atoms with Crippen LogP contribution in [-0.4, -0.2) is 17.8 Å². The fourth-order valence-corrected chi connectivity index (χ4v) is 2.76. The van der Waals surface area contributed by atoms with Crippen molar-refractivity contribution in [3.05, 3.63) is 83.9 Å². The lowest BCUT2D eigenvalue weighted by molar-refractivity contribution is 0.103. The molecule has 10 nitrogen and oxygen atoms in total. The van der Waals surface area contributed by atoms with Gasteiger partial charge in [0.1, 0.15) is 11.4 Å². The maximum Gasteiger partial charge on any atom is 0.333 e. The van der Waals surface area contributed by atoms with Crippen molar-refractivity contribution in [1.82, 2.24) is 0 Å². The first kappa shape index (κ1) is 21.3. The first-order chi connectivity index (χ1) is 14.8. The molecular formula is C21H20N6O4. The third-order valence-corrected chi connectivity index (χ3v) is 4.31. The Bertz CT molecular complexity index is 1140. The smallest absolute Gasteiger partial charge is 0.333 e. The lowest BCUT2D eigenvalue weighted by atomic mass is 10.0. The molecule has 0 aliphatic carbocycles. The second-order valence-corrected chi connectivity index (χ2v) is 6.39. The molecule has 0 unspecified atom stereocenters. The van der Waals surface area contributed by atoms with Gasteiger partial charge in [0.2, 0.25) is 0 Å². The second-order valence-electron chi connectivity index (χ2n) is 6.39. The predicted octanol–water partition coefficient (Wildman–Crippen LogP) is 2.23. The highest BCUT2D eigenvalue weighted by molar-refractivity contribution is 6.10. The van der Waals surface area contributed by atoms with Crippen molar-refractivity contribution in [3.63, 3.8) is 0 Å². The molecule has 10 heteroatoms. The van der Waals surface area contributed by atoms with Crippen LogP contribution in [0.1, 0.15) is 15.9 Å². The van der Waals surface area contributed by atoms with Crippen LogP contribution in [0.4, 0.5) is 21.0 Å². The Labute approximate surface area is 177 Å². The summed E-state index contributed by atoms with van der Waals surface area (Å²) < 4.78 is 5.83. The van der Waals surface area contributed by atoms with Crippen molar-refractivity contribution in [2.75, 3.05) is 10.0 Å². The number of amides is 4. The van der Waals surface area contributed by atoms with Crippen LogP contribution in [0.2, 0.25) is 0 Å². The number of ether oxygens (including phenoxy) is 1. The minimum Gasteiger partial charge on any atom is -0.455 e. The molecule has 8 N–H and O–H groups in total. The minimum atomic E-state index is -0.904. The predicted molar refractivity (Wildman–Crippen MR) is 115 cm³/mol. The molecule has 0 radical (unpaired) electrons. The molecule has 0 fully saturated rings.